The highest BCUT2D eigenvalue weighted by Crippen LogP contribution is 2.16. The number of sulfonamides is 1. The minimum absolute atomic E-state index is 0.0661. The molecule has 1 aliphatic rings. The minimum atomic E-state index is -3.37. The van der Waals surface area contributed by atoms with Gasteiger partial charge in [0.1, 0.15) is 0 Å². The molecule has 4 nitrogen and oxygen atoms in total. The summed E-state index contributed by atoms with van der Waals surface area (Å²) in [7, 11) is -3.37. The Balaban J connectivity index is 2.12. The van der Waals surface area contributed by atoms with Gasteiger partial charge in [-0.2, -0.15) is 4.31 Å². The maximum atomic E-state index is 12.2. The number of rotatable bonds is 3. The smallest absolute Gasteiger partial charge is 0.236 e. The summed E-state index contributed by atoms with van der Waals surface area (Å²) in [5, 5.41) is 1.27. The van der Waals surface area contributed by atoms with Crippen LogP contribution in [0.5, 0.6) is 0 Å². The summed E-state index contributed by atoms with van der Waals surface area (Å²) in [4.78, 5) is 0. The van der Waals surface area contributed by atoms with Crippen molar-refractivity contribution in [2.24, 2.45) is 0 Å². The first-order valence-electron chi connectivity index (χ1n) is 6.36. The third kappa shape index (κ3) is 3.89. The number of ether oxygens (including phenoxy) is 1. The van der Waals surface area contributed by atoms with Crippen molar-refractivity contribution in [3.8, 4) is 0 Å². The van der Waals surface area contributed by atoms with Crippen molar-refractivity contribution in [2.75, 3.05) is 13.1 Å². The van der Waals surface area contributed by atoms with Gasteiger partial charge in [0.2, 0.25) is 10.0 Å². The van der Waals surface area contributed by atoms with Crippen LogP contribution < -0.4 is 0 Å². The van der Waals surface area contributed by atoms with Crippen LogP contribution in [0.25, 0.3) is 6.08 Å². The van der Waals surface area contributed by atoms with Gasteiger partial charge < -0.3 is 4.74 Å². The quantitative estimate of drug-likeness (QED) is 0.852. The maximum Gasteiger partial charge on any atom is 0.236 e. The standard InChI is InChI=1S/C14H19NO3S/c1-12-10-15(11-13(2)18-12)19(16,17)9-8-14-6-4-3-5-7-14/h3-9,12-13H,10-11H2,1-2H3/b9-8+/t12-,13-/m0/s1. The lowest BCUT2D eigenvalue weighted by molar-refractivity contribution is -0.0437. The van der Waals surface area contributed by atoms with Crippen LogP contribution in [0.15, 0.2) is 35.7 Å². The van der Waals surface area contributed by atoms with Crippen molar-refractivity contribution in [3.05, 3.63) is 41.3 Å². The van der Waals surface area contributed by atoms with E-state index >= 15 is 0 Å². The van der Waals surface area contributed by atoms with E-state index in [9.17, 15) is 8.42 Å². The molecular formula is C14H19NO3S. The van der Waals surface area contributed by atoms with Gasteiger partial charge in [-0.15, -0.1) is 0 Å². The van der Waals surface area contributed by atoms with Crippen LogP contribution in [-0.4, -0.2) is 38.0 Å². The lowest BCUT2D eigenvalue weighted by atomic mass is 10.2. The first-order chi connectivity index (χ1) is 8.97. The van der Waals surface area contributed by atoms with Gasteiger partial charge in [0.25, 0.3) is 0 Å². The normalized spacial score (nSPS) is 25.8. The summed E-state index contributed by atoms with van der Waals surface area (Å²) in [6, 6.07) is 9.40. The van der Waals surface area contributed by atoms with E-state index in [2.05, 4.69) is 0 Å². The van der Waals surface area contributed by atoms with Gasteiger partial charge in [0, 0.05) is 18.5 Å². The Morgan fingerprint density at radius 1 is 1.16 bits per heavy atom. The first kappa shape index (κ1) is 14.2. The fraction of sp³-hybridized carbons (Fsp3) is 0.429. The molecule has 0 unspecified atom stereocenters. The van der Waals surface area contributed by atoms with Crippen molar-refractivity contribution in [1.29, 1.82) is 0 Å². The van der Waals surface area contributed by atoms with Gasteiger partial charge in [-0.3, -0.25) is 0 Å². The van der Waals surface area contributed by atoms with Gasteiger partial charge in [0.05, 0.1) is 12.2 Å². The van der Waals surface area contributed by atoms with E-state index < -0.39 is 10.0 Å². The minimum Gasteiger partial charge on any atom is -0.373 e. The van der Waals surface area contributed by atoms with E-state index in [0.29, 0.717) is 13.1 Å². The Morgan fingerprint density at radius 3 is 2.32 bits per heavy atom. The Bertz CT molecular complexity index is 529. The highest BCUT2D eigenvalue weighted by atomic mass is 32.2. The average Bonchev–Trinajstić information content (AvgIpc) is 2.37. The number of nitrogens with zero attached hydrogens (tertiary/aromatic N) is 1. The molecule has 2 rings (SSSR count). The first-order valence-corrected chi connectivity index (χ1v) is 7.86. The lowest BCUT2D eigenvalue weighted by Gasteiger charge is -2.33. The summed E-state index contributed by atoms with van der Waals surface area (Å²) in [5.41, 5.74) is 0.875. The second kappa shape index (κ2) is 5.86. The van der Waals surface area contributed by atoms with E-state index in [1.165, 1.54) is 9.71 Å². The molecule has 1 heterocycles. The predicted octanol–water partition coefficient (Wildman–Crippen LogP) is 2.10. The summed E-state index contributed by atoms with van der Waals surface area (Å²) in [6.07, 6.45) is 1.49. The summed E-state index contributed by atoms with van der Waals surface area (Å²) < 4.78 is 31.5. The molecule has 1 saturated heterocycles. The maximum absolute atomic E-state index is 12.2. The summed E-state index contributed by atoms with van der Waals surface area (Å²) >= 11 is 0. The SMILES string of the molecule is C[C@H]1CN(S(=O)(=O)/C=C/c2ccccc2)C[C@H](C)O1. The van der Waals surface area contributed by atoms with E-state index in [1.54, 1.807) is 6.08 Å². The molecule has 0 aromatic heterocycles. The largest absolute Gasteiger partial charge is 0.373 e. The molecule has 19 heavy (non-hydrogen) atoms. The molecule has 1 aliphatic heterocycles. The highest BCUT2D eigenvalue weighted by Gasteiger charge is 2.29. The van der Waals surface area contributed by atoms with E-state index in [4.69, 9.17) is 4.74 Å². The van der Waals surface area contributed by atoms with Gasteiger partial charge in [-0.25, -0.2) is 8.42 Å². The van der Waals surface area contributed by atoms with E-state index in [1.807, 2.05) is 44.2 Å². The highest BCUT2D eigenvalue weighted by molar-refractivity contribution is 7.92. The average molecular weight is 281 g/mol. The van der Waals surface area contributed by atoms with Crippen LogP contribution in [-0.2, 0) is 14.8 Å². The van der Waals surface area contributed by atoms with Gasteiger partial charge in [0.15, 0.2) is 0 Å². The number of morpholine rings is 1. The van der Waals surface area contributed by atoms with Gasteiger partial charge >= 0.3 is 0 Å². The van der Waals surface area contributed by atoms with Gasteiger partial charge in [-0.1, -0.05) is 30.3 Å². The molecule has 0 saturated carbocycles. The fourth-order valence-electron chi connectivity index (χ4n) is 2.15. The molecule has 0 amide bonds. The predicted molar refractivity (Wildman–Crippen MR) is 76.0 cm³/mol. The summed E-state index contributed by atoms with van der Waals surface area (Å²) in [5.74, 6) is 0. The Morgan fingerprint density at radius 2 is 1.74 bits per heavy atom. The topological polar surface area (TPSA) is 46.6 Å². The van der Waals surface area contributed by atoms with Gasteiger partial charge in [-0.05, 0) is 25.5 Å². The summed E-state index contributed by atoms with van der Waals surface area (Å²) in [6.45, 7) is 4.59. The fourth-order valence-corrected chi connectivity index (χ4v) is 3.49. The molecule has 0 aliphatic carbocycles. The Labute approximate surface area is 114 Å². The van der Waals surface area contributed by atoms with Crippen molar-refractivity contribution >= 4 is 16.1 Å². The van der Waals surface area contributed by atoms with Crippen LogP contribution in [0.4, 0.5) is 0 Å². The van der Waals surface area contributed by atoms with Crippen molar-refractivity contribution < 1.29 is 13.2 Å². The van der Waals surface area contributed by atoms with Crippen LogP contribution in [0, 0.1) is 0 Å². The molecule has 1 aromatic rings. The third-order valence-electron chi connectivity index (χ3n) is 2.98. The van der Waals surface area contributed by atoms with Crippen LogP contribution in [0.1, 0.15) is 19.4 Å². The Kier molecular flexibility index (Phi) is 4.39. The van der Waals surface area contributed by atoms with Crippen LogP contribution >= 0.6 is 0 Å². The molecule has 0 N–H and O–H groups in total. The molecule has 2 atom stereocenters. The van der Waals surface area contributed by atoms with E-state index in [0.717, 1.165) is 5.56 Å². The zero-order valence-electron chi connectivity index (χ0n) is 11.2. The zero-order valence-corrected chi connectivity index (χ0v) is 12.0. The van der Waals surface area contributed by atoms with Crippen molar-refractivity contribution in [2.45, 2.75) is 26.1 Å². The van der Waals surface area contributed by atoms with E-state index in [-0.39, 0.29) is 12.2 Å². The third-order valence-corrected chi connectivity index (χ3v) is 4.48. The van der Waals surface area contributed by atoms with Crippen LogP contribution in [0.3, 0.4) is 0 Å². The molecule has 104 valence electrons. The molecule has 1 aromatic carbocycles. The molecule has 0 bridgehead atoms. The zero-order chi connectivity index (χ0) is 13.9. The van der Waals surface area contributed by atoms with Crippen molar-refractivity contribution in [1.82, 2.24) is 4.31 Å². The van der Waals surface area contributed by atoms with Crippen LogP contribution in [0.2, 0.25) is 0 Å². The molecule has 0 radical (unpaired) electrons. The Hall–Kier alpha value is -1.17. The second-order valence-electron chi connectivity index (χ2n) is 4.83. The molecule has 5 heteroatoms. The number of hydrogen-bond acceptors (Lipinski definition) is 3. The lowest BCUT2D eigenvalue weighted by Crippen LogP contribution is -2.47. The number of hydrogen-bond donors (Lipinski definition) is 0. The number of benzene rings is 1. The monoisotopic (exact) mass is 281 g/mol. The molecule has 1 fully saturated rings. The molecular weight excluding hydrogens is 262 g/mol. The molecule has 0 spiro atoms. The van der Waals surface area contributed by atoms with Crippen molar-refractivity contribution in [3.63, 3.8) is 0 Å². The second-order valence-corrected chi connectivity index (χ2v) is 6.65.